The second-order valence-corrected chi connectivity index (χ2v) is 4.68. The molecule has 2 aromatic carbocycles. The summed E-state index contributed by atoms with van der Waals surface area (Å²) in [7, 11) is 0. The lowest BCUT2D eigenvalue weighted by Gasteiger charge is -2.07. The van der Waals surface area contributed by atoms with Crippen LogP contribution in [-0.4, -0.2) is 23.9 Å². The number of phenolic OH excluding ortho intramolecular Hbond substituents is 1. The van der Waals surface area contributed by atoms with Crippen molar-refractivity contribution < 1.29 is 14.6 Å². The van der Waals surface area contributed by atoms with Gasteiger partial charge in [-0.15, -0.1) is 11.8 Å². The van der Waals surface area contributed by atoms with Crippen LogP contribution in [0.4, 0.5) is 0 Å². The Balaban J connectivity index is 2.53. The van der Waals surface area contributed by atoms with E-state index in [1.54, 1.807) is 24.8 Å². The molecule has 0 heterocycles. The van der Waals surface area contributed by atoms with Gasteiger partial charge in [0.2, 0.25) is 0 Å². The lowest BCUT2D eigenvalue weighted by atomic mass is 10.1. The minimum absolute atomic E-state index is 0.103. The van der Waals surface area contributed by atoms with Gasteiger partial charge < -0.3 is 9.84 Å². The van der Waals surface area contributed by atoms with Crippen molar-refractivity contribution in [3.63, 3.8) is 0 Å². The Morgan fingerprint density at radius 1 is 1.33 bits per heavy atom. The number of thioether (sulfide) groups is 1. The standard InChI is InChI=1S/C14H14O3S/c1-3-17-14(16)10-6-9-4-5-11(18-2)8-12(9)13(15)7-10/h4-8,15H,3H2,1-2H3. The molecular formula is C14H14O3S. The van der Waals surface area contributed by atoms with Gasteiger partial charge in [-0.3, -0.25) is 0 Å². The molecule has 0 atom stereocenters. The highest BCUT2D eigenvalue weighted by atomic mass is 32.2. The van der Waals surface area contributed by atoms with E-state index in [0.717, 1.165) is 15.7 Å². The van der Waals surface area contributed by atoms with Gasteiger partial charge in [-0.1, -0.05) is 6.07 Å². The van der Waals surface area contributed by atoms with Gasteiger partial charge in [0.1, 0.15) is 5.75 Å². The Hall–Kier alpha value is -1.68. The monoisotopic (exact) mass is 262 g/mol. The summed E-state index contributed by atoms with van der Waals surface area (Å²) >= 11 is 1.61. The number of carbonyl (C=O) groups is 1. The van der Waals surface area contributed by atoms with E-state index in [4.69, 9.17) is 4.74 Å². The average Bonchev–Trinajstić information content (AvgIpc) is 2.38. The van der Waals surface area contributed by atoms with Gasteiger partial charge in [-0.25, -0.2) is 4.79 Å². The molecule has 94 valence electrons. The normalized spacial score (nSPS) is 10.6. The first-order valence-corrected chi connectivity index (χ1v) is 6.86. The maximum absolute atomic E-state index is 11.6. The average molecular weight is 262 g/mol. The number of esters is 1. The second-order valence-electron chi connectivity index (χ2n) is 3.80. The fourth-order valence-corrected chi connectivity index (χ4v) is 2.22. The summed E-state index contributed by atoms with van der Waals surface area (Å²) in [5.74, 6) is -0.310. The van der Waals surface area contributed by atoms with Crippen molar-refractivity contribution in [3.8, 4) is 5.75 Å². The molecule has 2 rings (SSSR count). The van der Waals surface area contributed by atoms with Crippen molar-refractivity contribution in [2.24, 2.45) is 0 Å². The highest BCUT2D eigenvalue weighted by Crippen LogP contribution is 2.30. The Kier molecular flexibility index (Phi) is 3.77. The number of hydrogen-bond acceptors (Lipinski definition) is 4. The summed E-state index contributed by atoms with van der Waals surface area (Å²) in [5, 5.41) is 11.5. The second kappa shape index (κ2) is 5.31. The van der Waals surface area contributed by atoms with Gasteiger partial charge in [0, 0.05) is 10.3 Å². The van der Waals surface area contributed by atoms with Crippen LogP contribution in [0.3, 0.4) is 0 Å². The summed E-state index contributed by atoms with van der Waals surface area (Å²) < 4.78 is 4.92. The van der Waals surface area contributed by atoms with Crippen LogP contribution in [-0.2, 0) is 4.74 Å². The van der Waals surface area contributed by atoms with Crippen LogP contribution in [0.1, 0.15) is 17.3 Å². The molecule has 1 N–H and O–H groups in total. The first kappa shape index (κ1) is 12.8. The number of hydrogen-bond donors (Lipinski definition) is 1. The summed E-state index contributed by atoms with van der Waals surface area (Å²) in [6.07, 6.45) is 1.98. The molecule has 0 unspecified atom stereocenters. The number of carbonyl (C=O) groups excluding carboxylic acids is 1. The number of aromatic hydroxyl groups is 1. The van der Waals surface area contributed by atoms with Crippen LogP contribution in [0, 0.1) is 0 Å². The fraction of sp³-hybridized carbons (Fsp3) is 0.214. The lowest BCUT2D eigenvalue weighted by Crippen LogP contribution is -2.04. The highest BCUT2D eigenvalue weighted by Gasteiger charge is 2.11. The Labute approximate surface area is 110 Å². The molecule has 0 aliphatic heterocycles. The maximum Gasteiger partial charge on any atom is 0.338 e. The summed E-state index contributed by atoms with van der Waals surface area (Å²) in [5.41, 5.74) is 0.374. The Bertz CT molecular complexity index is 593. The number of benzene rings is 2. The first-order chi connectivity index (χ1) is 8.65. The molecular weight excluding hydrogens is 248 g/mol. The number of rotatable bonds is 3. The summed E-state index contributed by atoms with van der Waals surface area (Å²) in [6, 6.07) is 8.94. The summed E-state index contributed by atoms with van der Waals surface area (Å²) in [4.78, 5) is 12.7. The van der Waals surface area contributed by atoms with Gasteiger partial charge in [0.15, 0.2) is 0 Å². The van der Waals surface area contributed by atoms with Crippen molar-refractivity contribution in [3.05, 3.63) is 35.9 Å². The molecule has 2 aromatic rings. The van der Waals surface area contributed by atoms with E-state index < -0.39 is 5.97 Å². The van der Waals surface area contributed by atoms with Crippen LogP contribution in [0.25, 0.3) is 10.8 Å². The predicted molar refractivity (Wildman–Crippen MR) is 73.4 cm³/mol. The molecule has 0 saturated heterocycles. The molecule has 0 aromatic heterocycles. The predicted octanol–water partition coefficient (Wildman–Crippen LogP) is 3.44. The quantitative estimate of drug-likeness (QED) is 0.680. The molecule has 0 spiro atoms. The SMILES string of the molecule is CCOC(=O)c1cc(O)c2cc(SC)ccc2c1. The van der Waals surface area contributed by atoms with E-state index in [-0.39, 0.29) is 5.75 Å². The van der Waals surface area contributed by atoms with E-state index in [1.165, 1.54) is 6.07 Å². The third-order valence-corrected chi connectivity index (χ3v) is 3.38. The number of fused-ring (bicyclic) bond motifs is 1. The highest BCUT2D eigenvalue weighted by molar-refractivity contribution is 7.98. The van der Waals surface area contributed by atoms with Crippen molar-refractivity contribution in [2.45, 2.75) is 11.8 Å². The zero-order valence-electron chi connectivity index (χ0n) is 10.3. The largest absolute Gasteiger partial charge is 0.507 e. The van der Waals surface area contributed by atoms with Crippen LogP contribution in [0.5, 0.6) is 5.75 Å². The Morgan fingerprint density at radius 3 is 2.78 bits per heavy atom. The van der Waals surface area contributed by atoms with Gasteiger partial charge in [0.25, 0.3) is 0 Å². The van der Waals surface area contributed by atoms with Crippen LogP contribution < -0.4 is 0 Å². The smallest absolute Gasteiger partial charge is 0.338 e. The minimum Gasteiger partial charge on any atom is -0.507 e. The molecule has 4 heteroatoms. The van der Waals surface area contributed by atoms with Gasteiger partial charge in [-0.05, 0) is 42.8 Å². The van der Waals surface area contributed by atoms with E-state index in [1.807, 2.05) is 24.5 Å². The number of ether oxygens (including phenoxy) is 1. The van der Waals surface area contributed by atoms with Crippen LogP contribution in [0.15, 0.2) is 35.2 Å². The molecule has 0 saturated carbocycles. The molecule has 18 heavy (non-hydrogen) atoms. The number of phenols is 1. The van der Waals surface area contributed by atoms with E-state index >= 15 is 0 Å². The maximum atomic E-state index is 11.6. The topological polar surface area (TPSA) is 46.5 Å². The van der Waals surface area contributed by atoms with Crippen molar-refractivity contribution in [1.29, 1.82) is 0 Å². The van der Waals surface area contributed by atoms with Crippen LogP contribution >= 0.6 is 11.8 Å². The zero-order valence-corrected chi connectivity index (χ0v) is 11.1. The van der Waals surface area contributed by atoms with E-state index in [2.05, 4.69) is 0 Å². The van der Waals surface area contributed by atoms with Crippen molar-refractivity contribution >= 4 is 28.5 Å². The first-order valence-electron chi connectivity index (χ1n) is 5.63. The molecule has 0 radical (unpaired) electrons. The zero-order chi connectivity index (χ0) is 13.1. The van der Waals surface area contributed by atoms with E-state index in [9.17, 15) is 9.90 Å². The third kappa shape index (κ3) is 2.43. The molecule has 0 amide bonds. The van der Waals surface area contributed by atoms with Crippen molar-refractivity contribution in [1.82, 2.24) is 0 Å². The van der Waals surface area contributed by atoms with Gasteiger partial charge in [-0.2, -0.15) is 0 Å². The molecule has 3 nitrogen and oxygen atoms in total. The van der Waals surface area contributed by atoms with Crippen molar-refractivity contribution in [2.75, 3.05) is 12.9 Å². The molecule has 0 fully saturated rings. The summed E-state index contributed by atoms with van der Waals surface area (Å²) in [6.45, 7) is 2.08. The molecule has 0 aliphatic rings. The van der Waals surface area contributed by atoms with Crippen LogP contribution in [0.2, 0.25) is 0 Å². The minimum atomic E-state index is -0.413. The lowest BCUT2D eigenvalue weighted by molar-refractivity contribution is 0.0526. The molecule has 0 bridgehead atoms. The third-order valence-electron chi connectivity index (χ3n) is 2.65. The van der Waals surface area contributed by atoms with Gasteiger partial charge in [0.05, 0.1) is 12.2 Å². The van der Waals surface area contributed by atoms with E-state index in [0.29, 0.717) is 12.2 Å². The molecule has 0 aliphatic carbocycles. The van der Waals surface area contributed by atoms with Gasteiger partial charge >= 0.3 is 5.97 Å². The fourth-order valence-electron chi connectivity index (χ4n) is 1.78. The Morgan fingerprint density at radius 2 is 2.11 bits per heavy atom.